The van der Waals surface area contributed by atoms with Crippen molar-refractivity contribution in [2.45, 2.75) is 0 Å². The molecule has 1 nitrogen and oxygen atoms in total. The van der Waals surface area contributed by atoms with Gasteiger partial charge in [-0.3, -0.25) is 0 Å². The summed E-state index contributed by atoms with van der Waals surface area (Å²) in [4.78, 5) is 0. The number of rotatable bonds is 0. The van der Waals surface area contributed by atoms with E-state index in [1.54, 1.807) is 13.3 Å². The zero-order valence-corrected chi connectivity index (χ0v) is 11.0. The first kappa shape index (κ1) is 8.87. The van der Waals surface area contributed by atoms with Crippen molar-refractivity contribution in [1.29, 1.82) is 0 Å². The Morgan fingerprint density at radius 2 is 1.40 bits per heavy atom. The minimum absolute atomic E-state index is 0. The molecule has 0 spiro atoms. The zero-order chi connectivity index (χ0) is 3.58. The monoisotopic (exact) mass is 345 g/mol. The first-order valence-electron chi connectivity index (χ1n) is 1.20. The Kier molecular flexibility index (Phi) is 5.73. The number of hydrogen-bond donors (Lipinski definition) is 0. The fraction of sp³-hybridized carbons (Fsp3) is 1.00. The molecule has 5 heavy (non-hydrogen) atoms. The van der Waals surface area contributed by atoms with Crippen LogP contribution in [0.15, 0.2) is 0 Å². The zero-order valence-electron chi connectivity index (χ0n) is 3.62. The SMILES string of the molecule is C[PH](C)=O.[Rf]. The molecule has 0 amide bonds. The average Bonchev–Trinajstić information content (AvgIpc) is 0.811. The van der Waals surface area contributed by atoms with E-state index in [2.05, 4.69) is 0 Å². The summed E-state index contributed by atoms with van der Waals surface area (Å²) in [5.41, 5.74) is 0. The molecule has 0 bridgehead atoms. The van der Waals surface area contributed by atoms with Crippen molar-refractivity contribution in [3.8, 4) is 0 Å². The molecule has 0 unspecified atom stereocenters. The van der Waals surface area contributed by atoms with Gasteiger partial charge in [-0.1, -0.05) is 0 Å². The summed E-state index contributed by atoms with van der Waals surface area (Å²) in [5.74, 6) is 0. The summed E-state index contributed by atoms with van der Waals surface area (Å²) >= 11 is 0. The van der Waals surface area contributed by atoms with Crippen molar-refractivity contribution in [1.82, 2.24) is 0 Å². The minimum atomic E-state index is -1.13. The van der Waals surface area contributed by atoms with E-state index in [-0.39, 0.29) is 0 Å². The second kappa shape index (κ2) is 3.23. The quantitative estimate of drug-likeness (QED) is 0.594. The third-order valence-corrected chi connectivity index (χ3v) is 0. The molecule has 0 fully saturated rings. The van der Waals surface area contributed by atoms with E-state index in [4.69, 9.17) is 0 Å². The molecule has 28 valence electrons. The summed E-state index contributed by atoms with van der Waals surface area (Å²) in [6.45, 7) is 3.43. The maximum Gasteiger partial charge on any atom is 0.0703 e. The van der Waals surface area contributed by atoms with Gasteiger partial charge in [0, 0.05) is 0 Å². The molecule has 0 aliphatic carbocycles. The fourth-order valence-electron chi connectivity index (χ4n) is 0. The predicted octanol–water partition coefficient (Wildman–Crippen LogP) is 0.806. The molecule has 0 rings (SSSR count). The summed E-state index contributed by atoms with van der Waals surface area (Å²) in [7, 11) is -1.13. The standard InChI is InChI=1S/C2H7OP.Rf/c1-4(2)3;/h4H,1-2H3;. The molecule has 0 heterocycles. The molecular weight excluding hydrogens is 338 g/mol. The van der Waals surface area contributed by atoms with Crippen LogP contribution in [0.1, 0.15) is 0 Å². The molecule has 0 aliphatic rings. The van der Waals surface area contributed by atoms with Crippen LogP contribution in [0.3, 0.4) is 0 Å². The molecule has 0 radical (unpaired) electrons. The fourth-order valence-corrected chi connectivity index (χ4v) is 0. The van der Waals surface area contributed by atoms with Crippen LogP contribution in [-0.2, 0) is 4.57 Å². The van der Waals surface area contributed by atoms with Crippen molar-refractivity contribution in [3.05, 3.63) is 0 Å². The second-order valence-corrected chi connectivity index (χ2v) is 2.72. The third-order valence-electron chi connectivity index (χ3n) is 0. The number of hydrogen-bond acceptors (Lipinski definition) is 1. The van der Waals surface area contributed by atoms with Crippen molar-refractivity contribution in [2.24, 2.45) is 0 Å². The topological polar surface area (TPSA) is 17.1 Å². The normalized spacial score (nSPS) is 7.00. The molecule has 0 saturated heterocycles. The van der Waals surface area contributed by atoms with Gasteiger partial charge < -0.3 is 4.57 Å². The molecule has 0 aromatic heterocycles. The first-order valence-corrected chi connectivity index (χ1v) is 3.61. The maximum absolute atomic E-state index is 9.63. The molecule has 0 aromatic carbocycles. The Morgan fingerprint density at radius 1 is 1.40 bits per heavy atom. The van der Waals surface area contributed by atoms with Crippen LogP contribution < -0.4 is 0 Å². The van der Waals surface area contributed by atoms with E-state index in [0.717, 1.165) is 0 Å². The van der Waals surface area contributed by atoms with Crippen LogP contribution in [-0.4, -0.2) is 13.3 Å². The van der Waals surface area contributed by atoms with E-state index in [0.29, 0.717) is 0 Å². The Bertz CT molecular complexity index is 32.6. The van der Waals surface area contributed by atoms with Gasteiger partial charge in [-0.2, -0.15) is 0 Å². The first-order chi connectivity index (χ1) is 1.73. The largest absolute Gasteiger partial charge is 0.327 e. The molecular formula is C2H7OPRf. The molecule has 0 N–H and O–H groups in total. The van der Waals surface area contributed by atoms with E-state index in [1.165, 1.54) is 0 Å². The Hall–Kier alpha value is -0.770. The summed E-state index contributed by atoms with van der Waals surface area (Å²) in [6, 6.07) is 0. The Labute approximate surface area is 26.8 Å². The van der Waals surface area contributed by atoms with Crippen LogP contribution in [0.5, 0.6) is 0 Å². The third kappa shape index (κ3) is 8.24. The van der Waals surface area contributed by atoms with Gasteiger partial charge in [0.1, 0.15) is 0 Å². The van der Waals surface area contributed by atoms with E-state index < -0.39 is 7.80 Å². The van der Waals surface area contributed by atoms with E-state index in [1.807, 2.05) is 0 Å². The van der Waals surface area contributed by atoms with Gasteiger partial charge in [-0.05, 0) is 13.3 Å². The molecule has 0 atom stereocenters. The second-order valence-electron chi connectivity index (χ2n) is 0.908. The summed E-state index contributed by atoms with van der Waals surface area (Å²) < 4.78 is 9.63. The van der Waals surface area contributed by atoms with Gasteiger partial charge in [-0.15, -0.1) is 0 Å². The van der Waals surface area contributed by atoms with Gasteiger partial charge in [-0.25, -0.2) is 0 Å². The van der Waals surface area contributed by atoms with Crippen molar-refractivity contribution in [2.75, 3.05) is 13.3 Å². The van der Waals surface area contributed by atoms with Crippen LogP contribution >= 0.6 is 7.80 Å². The van der Waals surface area contributed by atoms with Crippen molar-refractivity contribution >= 4 is 7.80 Å². The summed E-state index contributed by atoms with van der Waals surface area (Å²) in [6.07, 6.45) is 0. The van der Waals surface area contributed by atoms with Crippen LogP contribution in [0.25, 0.3) is 0 Å². The summed E-state index contributed by atoms with van der Waals surface area (Å²) in [5, 5.41) is 0. The van der Waals surface area contributed by atoms with Crippen LogP contribution in [0.4, 0.5) is 0 Å². The molecule has 0 aliphatic heterocycles. The van der Waals surface area contributed by atoms with Crippen molar-refractivity contribution in [3.63, 3.8) is 0 Å². The van der Waals surface area contributed by atoms with Crippen LogP contribution in [0, 0.1) is 0 Å². The average molecular weight is 345 g/mol. The molecule has 0 saturated carbocycles. The smallest absolute Gasteiger partial charge is 0.0703 e. The van der Waals surface area contributed by atoms with Gasteiger partial charge in [0.2, 0.25) is 0 Å². The molecule has 3 heteroatoms. The maximum atomic E-state index is 9.63. The van der Waals surface area contributed by atoms with E-state index in [9.17, 15) is 4.57 Å². The minimum Gasteiger partial charge on any atom is -0.327 e. The Balaban J connectivity index is 0. The van der Waals surface area contributed by atoms with Gasteiger partial charge in [0.15, 0.2) is 0 Å². The van der Waals surface area contributed by atoms with Crippen molar-refractivity contribution < 1.29 is 4.57 Å². The van der Waals surface area contributed by atoms with Gasteiger partial charge >= 0.3 is 0 Å². The van der Waals surface area contributed by atoms with Gasteiger partial charge in [0.05, 0.1) is 7.80 Å². The molecule has 0 aromatic rings. The van der Waals surface area contributed by atoms with Gasteiger partial charge in [0.25, 0.3) is 0 Å². The predicted molar refractivity (Wildman–Crippen MR) is 20.8 cm³/mol. The Morgan fingerprint density at radius 3 is 1.40 bits per heavy atom. The van der Waals surface area contributed by atoms with Crippen LogP contribution in [0.2, 0.25) is 0 Å². The van der Waals surface area contributed by atoms with E-state index >= 15 is 0 Å².